The summed E-state index contributed by atoms with van der Waals surface area (Å²) in [5.41, 5.74) is 4.63. The highest BCUT2D eigenvalue weighted by molar-refractivity contribution is 6.08. The van der Waals surface area contributed by atoms with Crippen molar-refractivity contribution in [2.45, 2.75) is 45.6 Å². The molecule has 0 spiro atoms. The van der Waals surface area contributed by atoms with Crippen LogP contribution in [0, 0.1) is 0 Å². The van der Waals surface area contributed by atoms with Crippen LogP contribution in [0.25, 0.3) is 22.0 Å². The Kier molecular flexibility index (Phi) is 7.01. The summed E-state index contributed by atoms with van der Waals surface area (Å²) < 4.78 is 16.3. The monoisotopic (exact) mass is 568 g/mol. The van der Waals surface area contributed by atoms with Crippen LogP contribution >= 0.6 is 0 Å². The Labute approximate surface area is 241 Å². The smallest absolute Gasteiger partial charge is 0.254 e. The number of amides is 3. The number of benzene rings is 2. The first kappa shape index (κ1) is 27.3. The number of carbonyl (C=O) groups is 4. The van der Waals surface area contributed by atoms with Gasteiger partial charge in [-0.15, -0.1) is 0 Å². The molecular weight excluding hydrogens is 539 g/mol. The number of hydrogen-bond acceptors (Lipinski definition) is 6. The first-order valence-corrected chi connectivity index (χ1v) is 13.8. The third kappa shape index (κ3) is 4.91. The van der Waals surface area contributed by atoms with Crippen molar-refractivity contribution in [3.8, 4) is 11.1 Å². The molecule has 2 atom stereocenters. The zero-order chi connectivity index (χ0) is 29.5. The lowest BCUT2D eigenvalue weighted by molar-refractivity contribution is -0.137. The van der Waals surface area contributed by atoms with Crippen molar-refractivity contribution in [1.29, 1.82) is 0 Å². The number of hydrogen-bond donors (Lipinski definition) is 1. The maximum absolute atomic E-state index is 14.6. The molecule has 4 aromatic rings. The SMILES string of the molecule is CCN1Cc2ccc(NC(=O)C3CC(F)CN3C(=O)Cn3cc(C(C)=O)c4cc(-c5ccnnc5)ccc43)cc2C1=O. The maximum Gasteiger partial charge on any atom is 0.254 e. The van der Waals surface area contributed by atoms with Crippen molar-refractivity contribution in [3.05, 3.63) is 77.7 Å². The molecule has 214 valence electrons. The Balaban J connectivity index is 1.22. The van der Waals surface area contributed by atoms with Crippen LogP contribution in [-0.4, -0.2) is 73.4 Å². The van der Waals surface area contributed by atoms with E-state index in [9.17, 15) is 23.6 Å². The van der Waals surface area contributed by atoms with Gasteiger partial charge in [-0.05, 0) is 55.3 Å². The molecule has 2 unspecified atom stereocenters. The number of fused-ring (bicyclic) bond motifs is 2. The van der Waals surface area contributed by atoms with Gasteiger partial charge in [0.25, 0.3) is 5.91 Å². The van der Waals surface area contributed by atoms with E-state index in [-0.39, 0.29) is 31.2 Å². The fourth-order valence-corrected chi connectivity index (χ4v) is 5.81. The number of Topliss-reactive ketones (excluding diaryl/α,β-unsaturated/α-hetero) is 1. The number of rotatable bonds is 7. The van der Waals surface area contributed by atoms with Gasteiger partial charge in [0.05, 0.1) is 18.9 Å². The van der Waals surface area contributed by atoms with Gasteiger partial charge in [0.15, 0.2) is 5.78 Å². The van der Waals surface area contributed by atoms with E-state index in [0.29, 0.717) is 40.8 Å². The largest absolute Gasteiger partial charge is 0.337 e. The van der Waals surface area contributed by atoms with E-state index in [0.717, 1.165) is 16.7 Å². The molecule has 2 aromatic carbocycles. The average molecular weight is 569 g/mol. The standard InChI is InChI=1S/C31H29FN6O4/c1-3-36-14-21-4-6-23(12-24(21)31(36)42)35-30(41)28-11-22(32)15-38(28)29(40)17-37-16-26(18(2)39)25-10-19(5-7-27(25)37)20-8-9-33-34-13-20/h4-10,12-13,16,22,28H,3,11,14-15,17H2,1-2H3,(H,35,41). The van der Waals surface area contributed by atoms with Crippen molar-refractivity contribution in [3.63, 3.8) is 0 Å². The molecule has 1 fully saturated rings. The number of likely N-dealkylation sites (tertiary alicyclic amines) is 1. The van der Waals surface area contributed by atoms with Crippen molar-refractivity contribution in [2.24, 2.45) is 0 Å². The van der Waals surface area contributed by atoms with Crippen LogP contribution in [0.4, 0.5) is 10.1 Å². The number of nitrogens with zero attached hydrogens (tertiary/aromatic N) is 5. The second kappa shape index (κ2) is 10.8. The fraction of sp³-hybridized carbons (Fsp3) is 0.290. The molecular formula is C31H29FN6O4. The van der Waals surface area contributed by atoms with Crippen LogP contribution in [0.3, 0.4) is 0 Å². The van der Waals surface area contributed by atoms with Crippen LogP contribution in [0.2, 0.25) is 0 Å². The first-order chi connectivity index (χ1) is 20.2. The number of alkyl halides is 1. The van der Waals surface area contributed by atoms with Crippen molar-refractivity contribution in [2.75, 3.05) is 18.4 Å². The fourth-order valence-electron chi connectivity index (χ4n) is 5.81. The molecule has 0 saturated carbocycles. The Morgan fingerprint density at radius 3 is 2.64 bits per heavy atom. The van der Waals surface area contributed by atoms with Gasteiger partial charge in [0.2, 0.25) is 11.8 Å². The van der Waals surface area contributed by atoms with Crippen molar-refractivity contribution < 1.29 is 23.6 Å². The van der Waals surface area contributed by atoms with Gasteiger partial charge < -0.3 is 19.7 Å². The van der Waals surface area contributed by atoms with Crippen molar-refractivity contribution in [1.82, 2.24) is 24.6 Å². The van der Waals surface area contributed by atoms with Crippen LogP contribution < -0.4 is 5.32 Å². The molecule has 0 radical (unpaired) electrons. The predicted molar refractivity (Wildman–Crippen MR) is 153 cm³/mol. The summed E-state index contributed by atoms with van der Waals surface area (Å²) in [5.74, 6) is -1.21. The van der Waals surface area contributed by atoms with E-state index in [1.54, 1.807) is 46.3 Å². The minimum Gasteiger partial charge on any atom is -0.337 e. The molecule has 3 amide bonds. The van der Waals surface area contributed by atoms with E-state index in [1.165, 1.54) is 11.8 Å². The third-order valence-electron chi connectivity index (χ3n) is 7.99. The molecule has 2 aliphatic rings. The molecule has 0 aliphatic carbocycles. The Morgan fingerprint density at radius 2 is 1.90 bits per heavy atom. The van der Waals surface area contributed by atoms with E-state index >= 15 is 0 Å². The van der Waals surface area contributed by atoms with E-state index in [4.69, 9.17) is 0 Å². The van der Waals surface area contributed by atoms with Gasteiger partial charge in [-0.1, -0.05) is 12.1 Å². The number of halogens is 1. The van der Waals surface area contributed by atoms with Crippen LogP contribution in [0.15, 0.2) is 61.1 Å². The van der Waals surface area contributed by atoms with Gasteiger partial charge in [0.1, 0.15) is 18.8 Å². The molecule has 2 aliphatic heterocycles. The number of ketones is 1. The summed E-state index contributed by atoms with van der Waals surface area (Å²) in [5, 5.41) is 11.2. The molecule has 0 bridgehead atoms. The molecule has 1 saturated heterocycles. The summed E-state index contributed by atoms with van der Waals surface area (Å²) in [6.45, 7) is 4.10. The molecule has 42 heavy (non-hydrogen) atoms. The second-order valence-corrected chi connectivity index (χ2v) is 10.7. The van der Waals surface area contributed by atoms with Gasteiger partial charge in [-0.25, -0.2) is 4.39 Å². The Hall–Kier alpha value is -4.93. The van der Waals surface area contributed by atoms with Gasteiger partial charge in [-0.3, -0.25) is 19.2 Å². The number of carbonyl (C=O) groups excluding carboxylic acids is 4. The average Bonchev–Trinajstić information content (AvgIpc) is 3.66. The topological polar surface area (TPSA) is 118 Å². The minimum atomic E-state index is -1.35. The van der Waals surface area contributed by atoms with Gasteiger partial charge >= 0.3 is 0 Å². The molecule has 6 rings (SSSR count). The lowest BCUT2D eigenvalue weighted by Gasteiger charge is -2.24. The van der Waals surface area contributed by atoms with Crippen LogP contribution in [0.5, 0.6) is 0 Å². The number of anilines is 1. The maximum atomic E-state index is 14.6. The number of aromatic nitrogens is 3. The molecule has 10 nitrogen and oxygen atoms in total. The zero-order valence-corrected chi connectivity index (χ0v) is 23.2. The summed E-state index contributed by atoms with van der Waals surface area (Å²) in [6.07, 6.45) is 3.36. The highest BCUT2D eigenvalue weighted by atomic mass is 19.1. The Morgan fingerprint density at radius 1 is 1.07 bits per heavy atom. The molecule has 4 heterocycles. The zero-order valence-electron chi connectivity index (χ0n) is 23.2. The summed E-state index contributed by atoms with van der Waals surface area (Å²) in [7, 11) is 0. The van der Waals surface area contributed by atoms with E-state index in [2.05, 4.69) is 15.5 Å². The first-order valence-electron chi connectivity index (χ1n) is 13.8. The van der Waals surface area contributed by atoms with E-state index in [1.807, 2.05) is 31.2 Å². The van der Waals surface area contributed by atoms with Gasteiger partial charge in [0, 0.05) is 59.0 Å². The minimum absolute atomic E-state index is 0.0986. The van der Waals surface area contributed by atoms with Crippen molar-refractivity contribution >= 4 is 40.1 Å². The highest BCUT2D eigenvalue weighted by Gasteiger charge is 2.40. The van der Waals surface area contributed by atoms with Crippen LogP contribution in [0.1, 0.15) is 46.5 Å². The lowest BCUT2D eigenvalue weighted by Crippen LogP contribution is -2.44. The van der Waals surface area contributed by atoms with E-state index < -0.39 is 24.0 Å². The lowest BCUT2D eigenvalue weighted by atomic mass is 10.0. The third-order valence-corrected chi connectivity index (χ3v) is 7.99. The predicted octanol–water partition coefficient (Wildman–Crippen LogP) is 3.85. The van der Waals surface area contributed by atoms with Crippen LogP contribution in [-0.2, 0) is 22.7 Å². The molecule has 11 heteroatoms. The number of nitrogens with one attached hydrogen (secondary N) is 1. The quantitative estimate of drug-likeness (QED) is 0.339. The normalized spacial score (nSPS) is 18.0. The summed E-state index contributed by atoms with van der Waals surface area (Å²) in [6, 6.07) is 11.5. The molecule has 2 aromatic heterocycles. The molecule has 1 N–H and O–H groups in total. The highest BCUT2D eigenvalue weighted by Crippen LogP contribution is 2.30. The van der Waals surface area contributed by atoms with Gasteiger partial charge in [-0.2, -0.15) is 10.2 Å². The second-order valence-electron chi connectivity index (χ2n) is 10.7. The summed E-state index contributed by atoms with van der Waals surface area (Å²) >= 11 is 0. The summed E-state index contributed by atoms with van der Waals surface area (Å²) in [4.78, 5) is 54.8. The Bertz CT molecular complexity index is 1740.